The number of hydrogen-bond donors (Lipinski definition) is 1. The number of benzene rings is 1. The molecule has 0 fully saturated rings. The van der Waals surface area contributed by atoms with Gasteiger partial charge in [-0.05, 0) is 24.3 Å². The number of ether oxygens (including phenoxy) is 2. The predicted molar refractivity (Wildman–Crippen MR) is 74.8 cm³/mol. The van der Waals surface area contributed by atoms with Crippen LogP contribution < -0.4 is 9.47 Å². The number of aromatic amines is 1. The number of nitrogens with one attached hydrogen (secondary N) is 1. The van der Waals surface area contributed by atoms with Crippen molar-refractivity contribution in [2.75, 3.05) is 7.11 Å². The van der Waals surface area contributed by atoms with E-state index in [0.29, 0.717) is 0 Å². The second kappa shape index (κ2) is 6.04. The van der Waals surface area contributed by atoms with E-state index in [-0.39, 0.29) is 28.8 Å². The Kier molecular flexibility index (Phi) is 4.12. The van der Waals surface area contributed by atoms with Crippen molar-refractivity contribution in [1.29, 1.82) is 0 Å². The van der Waals surface area contributed by atoms with Gasteiger partial charge < -0.3 is 14.5 Å². The van der Waals surface area contributed by atoms with Gasteiger partial charge >= 0.3 is 12.4 Å². The first kappa shape index (κ1) is 17.8. The van der Waals surface area contributed by atoms with Crippen LogP contribution >= 0.6 is 0 Å². The number of methoxy groups -OCH3 is 1. The average molecular weight is 378 g/mol. The summed E-state index contributed by atoms with van der Waals surface area (Å²) < 4.78 is 85.9. The molecular formula is C14H8F6N4O2. The molecule has 2 aromatic heterocycles. The van der Waals surface area contributed by atoms with E-state index in [9.17, 15) is 26.3 Å². The summed E-state index contributed by atoms with van der Waals surface area (Å²) in [4.78, 5) is 12.8. The Morgan fingerprint density at radius 1 is 0.846 bits per heavy atom. The van der Waals surface area contributed by atoms with Crippen LogP contribution in [0.25, 0.3) is 11.3 Å². The summed E-state index contributed by atoms with van der Waals surface area (Å²) in [7, 11) is 1.17. The fourth-order valence-electron chi connectivity index (χ4n) is 1.96. The van der Waals surface area contributed by atoms with E-state index in [2.05, 4.69) is 15.0 Å². The van der Waals surface area contributed by atoms with E-state index in [1.54, 1.807) is 0 Å². The number of imidazole rings is 1. The zero-order valence-electron chi connectivity index (χ0n) is 12.7. The normalized spacial score (nSPS) is 12.4. The Labute approximate surface area is 140 Å². The second-order valence-electron chi connectivity index (χ2n) is 4.92. The largest absolute Gasteiger partial charge is 0.477 e. The molecule has 0 unspecified atom stereocenters. The minimum absolute atomic E-state index is 0.0412. The van der Waals surface area contributed by atoms with Crippen LogP contribution in [-0.2, 0) is 12.4 Å². The molecule has 0 aliphatic carbocycles. The number of aromatic nitrogens is 4. The minimum Gasteiger partial charge on any atom is -0.477 e. The zero-order chi connectivity index (χ0) is 19.1. The molecule has 0 amide bonds. The number of hydrogen-bond acceptors (Lipinski definition) is 5. The van der Waals surface area contributed by atoms with E-state index in [4.69, 9.17) is 9.47 Å². The maximum absolute atomic E-state index is 12.7. The SMILES string of the molecule is COc1nc2nc(C(F)(F)F)[nH]c2nc1Oc1ccc(C(F)(F)F)cc1. The zero-order valence-corrected chi connectivity index (χ0v) is 12.7. The summed E-state index contributed by atoms with van der Waals surface area (Å²) in [5.41, 5.74) is -1.56. The Balaban J connectivity index is 1.96. The molecule has 3 aromatic rings. The van der Waals surface area contributed by atoms with Gasteiger partial charge in [-0.25, -0.2) is 4.98 Å². The highest BCUT2D eigenvalue weighted by Crippen LogP contribution is 2.34. The number of alkyl halides is 6. The number of fused-ring (bicyclic) bond motifs is 1. The lowest BCUT2D eigenvalue weighted by Crippen LogP contribution is -2.06. The molecule has 6 nitrogen and oxygen atoms in total. The molecule has 0 bridgehead atoms. The van der Waals surface area contributed by atoms with E-state index < -0.39 is 23.7 Å². The van der Waals surface area contributed by atoms with Crippen LogP contribution in [0.1, 0.15) is 11.4 Å². The topological polar surface area (TPSA) is 72.9 Å². The number of halogens is 6. The monoisotopic (exact) mass is 378 g/mol. The molecule has 0 spiro atoms. The molecule has 1 N–H and O–H groups in total. The molecule has 3 rings (SSSR count). The van der Waals surface area contributed by atoms with Crippen molar-refractivity contribution in [2.45, 2.75) is 12.4 Å². The van der Waals surface area contributed by atoms with Crippen molar-refractivity contribution < 1.29 is 35.8 Å². The molecule has 0 atom stereocenters. The maximum atomic E-state index is 12.7. The number of rotatable bonds is 3. The van der Waals surface area contributed by atoms with Crippen LogP contribution in [0.5, 0.6) is 17.5 Å². The first-order valence-corrected chi connectivity index (χ1v) is 6.82. The third-order valence-corrected chi connectivity index (χ3v) is 3.13. The fraction of sp³-hybridized carbons (Fsp3) is 0.214. The Morgan fingerprint density at radius 3 is 2.04 bits per heavy atom. The average Bonchev–Trinajstić information content (AvgIpc) is 2.97. The highest BCUT2D eigenvalue weighted by atomic mass is 19.4. The molecule has 1 aromatic carbocycles. The molecular weight excluding hydrogens is 370 g/mol. The lowest BCUT2D eigenvalue weighted by molar-refractivity contribution is -0.144. The predicted octanol–water partition coefficient (Wildman–Crippen LogP) is 4.19. The molecule has 0 saturated heterocycles. The van der Waals surface area contributed by atoms with E-state index in [0.717, 1.165) is 24.3 Å². The van der Waals surface area contributed by atoms with Crippen molar-refractivity contribution in [3.63, 3.8) is 0 Å². The van der Waals surface area contributed by atoms with E-state index in [1.165, 1.54) is 7.11 Å². The summed E-state index contributed by atoms with van der Waals surface area (Å²) in [5, 5.41) is 0. The van der Waals surface area contributed by atoms with Gasteiger partial charge in [-0.2, -0.15) is 36.3 Å². The van der Waals surface area contributed by atoms with Gasteiger partial charge in [0.05, 0.1) is 12.7 Å². The summed E-state index contributed by atoms with van der Waals surface area (Å²) >= 11 is 0. The van der Waals surface area contributed by atoms with Crippen LogP contribution in [0.15, 0.2) is 24.3 Å². The van der Waals surface area contributed by atoms with E-state index in [1.807, 2.05) is 4.98 Å². The highest BCUT2D eigenvalue weighted by Gasteiger charge is 2.35. The van der Waals surface area contributed by atoms with Crippen LogP contribution in [-0.4, -0.2) is 27.0 Å². The Hall–Kier alpha value is -3.05. The summed E-state index contributed by atoms with van der Waals surface area (Å²) in [6.07, 6.45) is -9.25. The van der Waals surface area contributed by atoms with Gasteiger partial charge in [0.25, 0.3) is 11.8 Å². The smallest absolute Gasteiger partial charge is 0.449 e. The molecule has 0 saturated carbocycles. The standard InChI is InChI=1S/C14H8F6N4O2/c1-25-10-11(26-7-4-2-6(3-5-7)13(15,16)17)22-9-8(21-10)23-12(24-9)14(18,19)20/h2-5H,1H3,(H,21,22,23,24). The van der Waals surface area contributed by atoms with Crippen LogP contribution in [0.2, 0.25) is 0 Å². The molecule has 0 aliphatic rings. The third-order valence-electron chi connectivity index (χ3n) is 3.13. The van der Waals surface area contributed by atoms with Crippen LogP contribution in [0.4, 0.5) is 26.3 Å². The quantitative estimate of drug-likeness (QED) is 0.692. The second-order valence-corrected chi connectivity index (χ2v) is 4.92. The molecule has 0 aliphatic heterocycles. The van der Waals surface area contributed by atoms with Gasteiger partial charge in [-0.1, -0.05) is 0 Å². The van der Waals surface area contributed by atoms with Crippen molar-refractivity contribution in [3.8, 4) is 17.5 Å². The summed E-state index contributed by atoms with van der Waals surface area (Å²) in [6.45, 7) is 0. The molecule has 138 valence electrons. The molecule has 0 radical (unpaired) electrons. The first-order chi connectivity index (χ1) is 12.1. The van der Waals surface area contributed by atoms with Crippen molar-refractivity contribution in [1.82, 2.24) is 19.9 Å². The third kappa shape index (κ3) is 3.48. The van der Waals surface area contributed by atoms with Crippen molar-refractivity contribution >= 4 is 11.3 Å². The highest BCUT2D eigenvalue weighted by molar-refractivity contribution is 5.67. The molecule has 12 heteroatoms. The van der Waals surface area contributed by atoms with Gasteiger partial charge in [0.15, 0.2) is 5.65 Å². The summed E-state index contributed by atoms with van der Waals surface area (Å²) in [6, 6.07) is 3.63. The van der Waals surface area contributed by atoms with Gasteiger partial charge in [-0.15, -0.1) is 0 Å². The Bertz CT molecular complexity index is 933. The fourth-order valence-corrected chi connectivity index (χ4v) is 1.96. The lowest BCUT2D eigenvalue weighted by Gasteiger charge is -2.10. The van der Waals surface area contributed by atoms with Gasteiger partial charge in [0, 0.05) is 0 Å². The van der Waals surface area contributed by atoms with Gasteiger partial charge in [-0.3, -0.25) is 0 Å². The number of nitrogens with zero attached hydrogens (tertiary/aromatic N) is 3. The molecule has 26 heavy (non-hydrogen) atoms. The van der Waals surface area contributed by atoms with Crippen LogP contribution in [0, 0.1) is 0 Å². The van der Waals surface area contributed by atoms with Gasteiger partial charge in [0.2, 0.25) is 11.5 Å². The van der Waals surface area contributed by atoms with Crippen molar-refractivity contribution in [3.05, 3.63) is 35.7 Å². The van der Waals surface area contributed by atoms with E-state index >= 15 is 0 Å². The summed E-state index contributed by atoms with van der Waals surface area (Å²) in [5.74, 6) is -1.96. The first-order valence-electron chi connectivity index (χ1n) is 6.82. The minimum atomic E-state index is -4.73. The lowest BCUT2D eigenvalue weighted by atomic mass is 10.2. The van der Waals surface area contributed by atoms with Crippen molar-refractivity contribution in [2.24, 2.45) is 0 Å². The Morgan fingerprint density at radius 2 is 1.50 bits per heavy atom. The maximum Gasteiger partial charge on any atom is 0.449 e. The number of H-pyrrole nitrogens is 1. The molecule has 2 heterocycles. The van der Waals surface area contributed by atoms with Gasteiger partial charge in [0.1, 0.15) is 5.75 Å². The van der Waals surface area contributed by atoms with Crippen LogP contribution in [0.3, 0.4) is 0 Å².